The molecular weight excluding hydrogens is 326 g/mol. The number of fused-ring (bicyclic) bond motifs is 1. The molecule has 0 unspecified atom stereocenters. The Labute approximate surface area is 146 Å². The number of benzene rings is 1. The fraction of sp³-hybridized carbons (Fsp3) is 0.444. The summed E-state index contributed by atoms with van der Waals surface area (Å²) >= 11 is 6.16. The number of rotatable bonds is 6. The number of piperidine rings is 1. The first kappa shape index (κ1) is 17.0. The molecule has 2 N–H and O–H groups in total. The maximum atomic E-state index is 12.4. The summed E-state index contributed by atoms with van der Waals surface area (Å²) in [7, 11) is 0. The minimum absolute atomic E-state index is 0.111. The van der Waals surface area contributed by atoms with Crippen molar-refractivity contribution in [3.05, 3.63) is 35.0 Å². The highest BCUT2D eigenvalue weighted by Crippen LogP contribution is 2.26. The van der Waals surface area contributed by atoms with Gasteiger partial charge in [-0.1, -0.05) is 23.7 Å². The topological polar surface area (TPSA) is 65.2 Å². The van der Waals surface area contributed by atoms with Crippen LogP contribution in [0.15, 0.2) is 24.4 Å². The van der Waals surface area contributed by atoms with Crippen molar-refractivity contribution in [1.82, 2.24) is 15.2 Å². The van der Waals surface area contributed by atoms with Crippen LogP contribution in [0.3, 0.4) is 0 Å². The minimum Gasteiger partial charge on any atom is -0.360 e. The first-order chi connectivity index (χ1) is 11.7. The lowest BCUT2D eigenvalue weighted by atomic mass is 9.97. The Morgan fingerprint density at radius 3 is 2.88 bits per heavy atom. The number of aryl methyl sites for hydroxylation is 1. The van der Waals surface area contributed by atoms with Gasteiger partial charge in [-0.15, -0.1) is 0 Å². The summed E-state index contributed by atoms with van der Waals surface area (Å²) in [6.45, 7) is 2.45. The van der Waals surface area contributed by atoms with Gasteiger partial charge < -0.3 is 10.3 Å². The monoisotopic (exact) mass is 347 g/mol. The quantitative estimate of drug-likeness (QED) is 0.790. The van der Waals surface area contributed by atoms with Crippen LogP contribution in [-0.2, 0) is 16.0 Å². The van der Waals surface area contributed by atoms with Crippen molar-refractivity contribution in [2.24, 2.45) is 5.92 Å². The lowest BCUT2D eigenvalue weighted by Crippen LogP contribution is -2.38. The summed E-state index contributed by atoms with van der Waals surface area (Å²) < 4.78 is 0. The molecule has 128 valence electrons. The summed E-state index contributed by atoms with van der Waals surface area (Å²) in [6.07, 6.45) is 5.51. The number of hydrogen-bond donors (Lipinski definition) is 2. The maximum absolute atomic E-state index is 12.4. The van der Waals surface area contributed by atoms with Gasteiger partial charge in [0.2, 0.25) is 12.3 Å². The van der Waals surface area contributed by atoms with Gasteiger partial charge in [0.1, 0.15) is 0 Å². The fourth-order valence-electron chi connectivity index (χ4n) is 3.31. The molecule has 0 radical (unpaired) electrons. The zero-order chi connectivity index (χ0) is 16.9. The highest BCUT2D eigenvalue weighted by atomic mass is 35.5. The number of imide groups is 1. The van der Waals surface area contributed by atoms with E-state index in [9.17, 15) is 9.59 Å². The number of halogens is 1. The normalized spacial score (nSPS) is 15.5. The van der Waals surface area contributed by atoms with Crippen LogP contribution in [0.5, 0.6) is 0 Å². The SMILES string of the molecule is O=CN(CC1CCNCC1)C(=O)CCc1c[nH]c2c(Cl)cccc12. The third kappa shape index (κ3) is 3.79. The van der Waals surface area contributed by atoms with Gasteiger partial charge in [-0.05, 0) is 49.9 Å². The molecule has 6 heteroatoms. The van der Waals surface area contributed by atoms with Gasteiger partial charge in [-0.2, -0.15) is 0 Å². The van der Waals surface area contributed by atoms with E-state index < -0.39 is 0 Å². The number of aromatic nitrogens is 1. The molecule has 3 rings (SSSR count). The Hall–Kier alpha value is -1.85. The van der Waals surface area contributed by atoms with Gasteiger partial charge in [0.25, 0.3) is 0 Å². The van der Waals surface area contributed by atoms with Crippen molar-refractivity contribution in [2.75, 3.05) is 19.6 Å². The van der Waals surface area contributed by atoms with Crippen LogP contribution in [0.25, 0.3) is 10.9 Å². The fourth-order valence-corrected chi connectivity index (χ4v) is 3.54. The molecule has 1 fully saturated rings. The molecule has 0 atom stereocenters. The van der Waals surface area contributed by atoms with Gasteiger partial charge in [0.05, 0.1) is 10.5 Å². The number of carbonyl (C=O) groups excluding carboxylic acids is 2. The summed E-state index contributed by atoms with van der Waals surface area (Å²) in [5.41, 5.74) is 1.94. The van der Waals surface area contributed by atoms with Crippen LogP contribution in [0.1, 0.15) is 24.8 Å². The van der Waals surface area contributed by atoms with E-state index in [1.54, 1.807) is 0 Å². The lowest BCUT2D eigenvalue weighted by Gasteiger charge is -2.26. The zero-order valence-electron chi connectivity index (χ0n) is 13.6. The highest BCUT2D eigenvalue weighted by Gasteiger charge is 2.20. The average Bonchev–Trinajstić information content (AvgIpc) is 3.03. The highest BCUT2D eigenvalue weighted by molar-refractivity contribution is 6.35. The standard InChI is InChI=1S/C18H22ClN3O2/c19-16-3-1-2-15-14(10-21-18(15)16)4-5-17(24)22(12-23)11-13-6-8-20-9-7-13/h1-3,10,12-13,20-21H,4-9,11H2. The van der Waals surface area contributed by atoms with Gasteiger partial charge in [-0.25, -0.2) is 0 Å². The molecule has 0 spiro atoms. The predicted molar refractivity (Wildman–Crippen MR) is 95.0 cm³/mol. The van der Waals surface area contributed by atoms with E-state index in [4.69, 9.17) is 11.6 Å². The van der Waals surface area contributed by atoms with E-state index >= 15 is 0 Å². The maximum Gasteiger partial charge on any atom is 0.229 e. The van der Waals surface area contributed by atoms with Crippen molar-refractivity contribution in [3.63, 3.8) is 0 Å². The van der Waals surface area contributed by atoms with Crippen molar-refractivity contribution in [3.8, 4) is 0 Å². The van der Waals surface area contributed by atoms with Crippen molar-refractivity contribution >= 4 is 34.8 Å². The van der Waals surface area contributed by atoms with Crippen molar-refractivity contribution in [1.29, 1.82) is 0 Å². The summed E-state index contributed by atoms with van der Waals surface area (Å²) in [6, 6.07) is 5.73. The van der Waals surface area contributed by atoms with Crippen molar-refractivity contribution in [2.45, 2.75) is 25.7 Å². The Balaban J connectivity index is 1.60. The Bertz CT molecular complexity index is 722. The lowest BCUT2D eigenvalue weighted by molar-refractivity contribution is -0.138. The van der Waals surface area contributed by atoms with Crippen LogP contribution in [-0.4, -0.2) is 41.8 Å². The summed E-state index contributed by atoms with van der Waals surface area (Å²) in [4.78, 5) is 28.2. The van der Waals surface area contributed by atoms with Crippen LogP contribution in [0.2, 0.25) is 5.02 Å². The number of para-hydroxylation sites is 1. The van der Waals surface area contributed by atoms with Gasteiger partial charge in [-0.3, -0.25) is 14.5 Å². The van der Waals surface area contributed by atoms with Gasteiger partial charge in [0, 0.05) is 24.5 Å². The molecule has 0 saturated carbocycles. The molecule has 1 aromatic carbocycles. The van der Waals surface area contributed by atoms with E-state index in [-0.39, 0.29) is 5.91 Å². The third-order valence-electron chi connectivity index (χ3n) is 4.72. The van der Waals surface area contributed by atoms with Crippen LogP contribution in [0.4, 0.5) is 0 Å². The van der Waals surface area contributed by atoms with Gasteiger partial charge >= 0.3 is 0 Å². The molecule has 24 heavy (non-hydrogen) atoms. The minimum atomic E-state index is -0.111. The number of H-pyrrole nitrogens is 1. The largest absolute Gasteiger partial charge is 0.360 e. The Kier molecular flexibility index (Phi) is 5.53. The van der Waals surface area contributed by atoms with E-state index in [0.29, 0.717) is 36.7 Å². The molecular formula is C18H22ClN3O2. The van der Waals surface area contributed by atoms with E-state index in [2.05, 4.69) is 10.3 Å². The van der Waals surface area contributed by atoms with E-state index in [1.807, 2.05) is 24.4 Å². The number of nitrogens with zero attached hydrogens (tertiary/aromatic N) is 1. The third-order valence-corrected chi connectivity index (χ3v) is 5.03. The molecule has 1 aliphatic rings. The predicted octanol–water partition coefficient (Wildman–Crippen LogP) is 2.74. The number of hydrogen-bond acceptors (Lipinski definition) is 3. The van der Waals surface area contributed by atoms with Gasteiger partial charge in [0.15, 0.2) is 0 Å². The second-order valence-electron chi connectivity index (χ2n) is 6.32. The first-order valence-corrected chi connectivity index (χ1v) is 8.77. The van der Waals surface area contributed by atoms with E-state index in [1.165, 1.54) is 4.90 Å². The van der Waals surface area contributed by atoms with Crippen LogP contribution >= 0.6 is 11.6 Å². The number of amides is 2. The summed E-state index contributed by atoms with van der Waals surface area (Å²) in [5.74, 6) is 0.298. The van der Waals surface area contributed by atoms with Crippen molar-refractivity contribution < 1.29 is 9.59 Å². The Morgan fingerprint density at radius 1 is 1.33 bits per heavy atom. The first-order valence-electron chi connectivity index (χ1n) is 8.39. The second kappa shape index (κ2) is 7.81. The second-order valence-corrected chi connectivity index (χ2v) is 6.73. The molecule has 1 aliphatic heterocycles. The molecule has 0 aliphatic carbocycles. The zero-order valence-corrected chi connectivity index (χ0v) is 14.3. The molecule has 1 saturated heterocycles. The molecule has 0 bridgehead atoms. The number of carbonyl (C=O) groups is 2. The number of nitrogens with one attached hydrogen (secondary N) is 2. The number of aromatic amines is 1. The smallest absolute Gasteiger partial charge is 0.229 e. The molecule has 2 amide bonds. The molecule has 2 heterocycles. The van der Waals surface area contributed by atoms with Crippen LogP contribution in [0, 0.1) is 5.92 Å². The average molecular weight is 348 g/mol. The molecule has 1 aromatic heterocycles. The molecule has 2 aromatic rings. The Morgan fingerprint density at radius 2 is 2.12 bits per heavy atom. The van der Waals surface area contributed by atoms with E-state index in [0.717, 1.165) is 42.4 Å². The summed E-state index contributed by atoms with van der Waals surface area (Å²) in [5, 5.41) is 5.00. The van der Waals surface area contributed by atoms with Crippen LogP contribution < -0.4 is 5.32 Å². The molecule has 5 nitrogen and oxygen atoms in total.